The van der Waals surface area contributed by atoms with E-state index in [1.807, 2.05) is 91.0 Å². The van der Waals surface area contributed by atoms with Gasteiger partial charge in [-0.05, 0) is 22.2 Å². The highest BCUT2D eigenvalue weighted by Crippen LogP contribution is 2.41. The van der Waals surface area contributed by atoms with E-state index < -0.39 is 30.0 Å². The summed E-state index contributed by atoms with van der Waals surface area (Å²) in [4.78, 5) is 14.5. The van der Waals surface area contributed by atoms with Gasteiger partial charge in [0, 0.05) is 18.3 Å². The van der Waals surface area contributed by atoms with Crippen LogP contribution in [-0.4, -0.2) is 31.0 Å². The van der Waals surface area contributed by atoms with Gasteiger partial charge in [-0.2, -0.15) is 0 Å². The largest absolute Gasteiger partial charge is 0.460 e. The third-order valence-electron chi connectivity index (χ3n) is 5.68. The molecule has 0 unspecified atom stereocenters. The molecular weight excluding hydrogens is 418 g/mol. The van der Waals surface area contributed by atoms with E-state index in [2.05, 4.69) is 10.0 Å². The molecule has 1 aliphatic heterocycles. The van der Waals surface area contributed by atoms with E-state index in [4.69, 9.17) is 19.7 Å². The van der Waals surface area contributed by atoms with Gasteiger partial charge in [0.1, 0.15) is 24.0 Å². The monoisotopic (exact) mass is 443 g/mol. The van der Waals surface area contributed by atoms with Crippen LogP contribution in [-0.2, 0) is 24.6 Å². The normalized spacial score (nSPS) is 20.1. The number of carbonyl (C=O) groups is 1. The third kappa shape index (κ3) is 4.91. The Kier molecular flexibility index (Phi) is 7.05. The van der Waals surface area contributed by atoms with Crippen LogP contribution in [0.3, 0.4) is 0 Å². The van der Waals surface area contributed by atoms with Crippen molar-refractivity contribution in [3.8, 4) is 0 Å². The second-order valence-corrected chi connectivity index (χ2v) is 7.81. The summed E-state index contributed by atoms with van der Waals surface area (Å²) in [7, 11) is 0. The number of nitrogens with zero attached hydrogens (tertiary/aromatic N) is 3. The highest BCUT2D eigenvalue weighted by molar-refractivity contribution is 5.66. The Morgan fingerprint density at radius 3 is 1.88 bits per heavy atom. The lowest BCUT2D eigenvalue weighted by molar-refractivity contribution is -0.152. The molecule has 4 rings (SSSR count). The molecule has 0 aromatic heterocycles. The van der Waals surface area contributed by atoms with E-state index in [0.29, 0.717) is 0 Å². The molecule has 0 amide bonds. The fourth-order valence-electron chi connectivity index (χ4n) is 4.29. The lowest BCUT2D eigenvalue weighted by Crippen LogP contribution is -2.39. The van der Waals surface area contributed by atoms with Crippen molar-refractivity contribution in [3.63, 3.8) is 0 Å². The second kappa shape index (κ2) is 10.3. The Balaban J connectivity index is 1.75. The summed E-state index contributed by atoms with van der Waals surface area (Å²) in [6.07, 6.45) is -1.59. The van der Waals surface area contributed by atoms with Gasteiger partial charge in [0.15, 0.2) is 0 Å². The zero-order valence-electron chi connectivity index (χ0n) is 18.3. The van der Waals surface area contributed by atoms with Crippen molar-refractivity contribution >= 4 is 5.97 Å². The van der Waals surface area contributed by atoms with Gasteiger partial charge < -0.3 is 14.2 Å². The molecule has 7 heteroatoms. The maximum Gasteiger partial charge on any atom is 0.302 e. The number of carbonyl (C=O) groups excluding carboxylic acids is 1. The summed E-state index contributed by atoms with van der Waals surface area (Å²) in [6, 6.07) is 29.9. The first kappa shape index (κ1) is 22.6. The molecule has 0 bridgehead atoms. The first-order valence-electron chi connectivity index (χ1n) is 10.8. The summed E-state index contributed by atoms with van der Waals surface area (Å²) in [5, 5.41) is 3.66. The van der Waals surface area contributed by atoms with Crippen LogP contribution in [0, 0.1) is 0 Å². The van der Waals surface area contributed by atoms with Crippen LogP contribution in [0.2, 0.25) is 0 Å². The lowest BCUT2D eigenvalue weighted by Gasteiger charge is -2.37. The van der Waals surface area contributed by atoms with Crippen molar-refractivity contribution in [2.75, 3.05) is 6.61 Å². The molecule has 1 heterocycles. The van der Waals surface area contributed by atoms with E-state index >= 15 is 0 Å². The molecule has 0 N–H and O–H groups in total. The number of hydrogen-bond donors (Lipinski definition) is 0. The Hall–Kier alpha value is -3.64. The minimum absolute atomic E-state index is 0.119. The average molecular weight is 444 g/mol. The maximum absolute atomic E-state index is 11.7. The summed E-state index contributed by atoms with van der Waals surface area (Å²) in [5.74, 6) is -0.421. The van der Waals surface area contributed by atoms with Gasteiger partial charge in [-0.3, -0.25) is 4.79 Å². The van der Waals surface area contributed by atoms with E-state index in [9.17, 15) is 4.79 Å². The van der Waals surface area contributed by atoms with Crippen LogP contribution in [0.5, 0.6) is 0 Å². The molecule has 3 aromatic rings. The quantitative estimate of drug-likeness (QED) is 0.154. The van der Waals surface area contributed by atoms with E-state index in [0.717, 1.165) is 16.7 Å². The van der Waals surface area contributed by atoms with Crippen molar-refractivity contribution in [2.45, 2.75) is 37.4 Å². The van der Waals surface area contributed by atoms with E-state index in [-0.39, 0.29) is 13.0 Å². The standard InChI is InChI=1S/C26H25N3O4/c1-19(30)32-23-17-25(28-29-27)33-24(23)18-31-26(20-11-5-2-6-12-20,21-13-7-3-8-14-21)22-15-9-4-10-16-22/h2-16,23-25H,17-18H2,1H3/t23-,24+,25+/m0/s1. The topological polar surface area (TPSA) is 93.5 Å². The van der Waals surface area contributed by atoms with Crippen molar-refractivity contribution in [1.29, 1.82) is 0 Å². The van der Waals surface area contributed by atoms with Gasteiger partial charge in [0.05, 0.1) is 6.61 Å². The molecule has 168 valence electrons. The molecule has 7 nitrogen and oxygen atoms in total. The summed E-state index contributed by atoms with van der Waals surface area (Å²) < 4.78 is 18.1. The van der Waals surface area contributed by atoms with Gasteiger partial charge in [0.25, 0.3) is 0 Å². The molecule has 0 radical (unpaired) electrons. The molecule has 0 aliphatic carbocycles. The third-order valence-corrected chi connectivity index (χ3v) is 5.68. The smallest absolute Gasteiger partial charge is 0.302 e. The molecule has 3 aromatic carbocycles. The number of ether oxygens (including phenoxy) is 3. The minimum Gasteiger partial charge on any atom is -0.460 e. The first-order valence-corrected chi connectivity index (χ1v) is 10.8. The number of esters is 1. The zero-order valence-corrected chi connectivity index (χ0v) is 18.3. The van der Waals surface area contributed by atoms with Gasteiger partial charge in [-0.1, -0.05) is 96.1 Å². The van der Waals surface area contributed by atoms with Crippen LogP contribution in [0.15, 0.2) is 96.1 Å². The summed E-state index contributed by atoms with van der Waals surface area (Å²) in [6.45, 7) is 1.47. The fourth-order valence-corrected chi connectivity index (χ4v) is 4.29. The second-order valence-electron chi connectivity index (χ2n) is 7.81. The van der Waals surface area contributed by atoms with E-state index in [1.54, 1.807) is 0 Å². The maximum atomic E-state index is 11.7. The predicted molar refractivity (Wildman–Crippen MR) is 123 cm³/mol. The average Bonchev–Trinajstić information content (AvgIpc) is 3.22. The highest BCUT2D eigenvalue weighted by Gasteiger charge is 2.42. The van der Waals surface area contributed by atoms with Crippen molar-refractivity contribution in [2.24, 2.45) is 5.11 Å². The van der Waals surface area contributed by atoms with Crippen LogP contribution < -0.4 is 0 Å². The van der Waals surface area contributed by atoms with Gasteiger partial charge in [-0.25, -0.2) is 0 Å². The minimum atomic E-state index is -0.926. The molecular formula is C26H25N3O4. The molecule has 1 fully saturated rings. The van der Waals surface area contributed by atoms with Gasteiger partial charge in [0.2, 0.25) is 0 Å². The zero-order chi connectivity index (χ0) is 23.1. The highest BCUT2D eigenvalue weighted by atomic mass is 16.6. The van der Waals surface area contributed by atoms with Crippen molar-refractivity contribution in [3.05, 3.63) is 118 Å². The van der Waals surface area contributed by atoms with Crippen LogP contribution in [0.1, 0.15) is 30.0 Å². The lowest BCUT2D eigenvalue weighted by atomic mass is 9.80. The molecule has 1 aliphatic rings. The van der Waals surface area contributed by atoms with Crippen molar-refractivity contribution < 1.29 is 19.0 Å². The summed E-state index contributed by atoms with van der Waals surface area (Å²) >= 11 is 0. The van der Waals surface area contributed by atoms with Crippen LogP contribution in [0.4, 0.5) is 0 Å². The Labute approximate surface area is 192 Å². The Morgan fingerprint density at radius 1 is 0.970 bits per heavy atom. The number of rotatable bonds is 8. The van der Waals surface area contributed by atoms with Crippen LogP contribution in [0.25, 0.3) is 10.4 Å². The molecule has 0 spiro atoms. The number of hydrogen-bond acceptors (Lipinski definition) is 5. The van der Waals surface area contributed by atoms with Gasteiger partial charge in [-0.15, -0.1) is 0 Å². The SMILES string of the molecule is CC(=O)O[C@H]1C[C@H](N=[N+]=[N-])O[C@@H]1COC(c1ccccc1)(c1ccccc1)c1ccccc1. The Morgan fingerprint density at radius 2 is 1.45 bits per heavy atom. The first-order chi connectivity index (χ1) is 16.1. The molecule has 3 atom stereocenters. The molecule has 0 saturated carbocycles. The van der Waals surface area contributed by atoms with Crippen molar-refractivity contribution in [1.82, 2.24) is 0 Å². The molecule has 1 saturated heterocycles. The van der Waals surface area contributed by atoms with E-state index in [1.165, 1.54) is 6.92 Å². The van der Waals surface area contributed by atoms with Crippen LogP contribution >= 0.6 is 0 Å². The fraction of sp³-hybridized carbons (Fsp3) is 0.269. The number of azide groups is 1. The van der Waals surface area contributed by atoms with Gasteiger partial charge >= 0.3 is 5.97 Å². The number of benzene rings is 3. The molecule has 33 heavy (non-hydrogen) atoms. The summed E-state index contributed by atoms with van der Waals surface area (Å²) in [5.41, 5.74) is 10.8. The predicted octanol–water partition coefficient (Wildman–Crippen LogP) is 5.35. The Bertz CT molecular complexity index is 1010.